The van der Waals surface area contributed by atoms with Gasteiger partial charge < -0.3 is 4.74 Å². The van der Waals surface area contributed by atoms with Crippen LogP contribution in [0.3, 0.4) is 0 Å². The Kier molecular flexibility index (Phi) is 8.16. The number of hydrogen-bond donors (Lipinski definition) is 0. The van der Waals surface area contributed by atoms with E-state index in [0.29, 0.717) is 54.4 Å². The van der Waals surface area contributed by atoms with Crippen LogP contribution in [0.25, 0.3) is 22.2 Å². The highest BCUT2D eigenvalue weighted by molar-refractivity contribution is 9.10. The topological polar surface area (TPSA) is 93.6 Å². The first-order valence-electron chi connectivity index (χ1n) is 14.6. The zero-order valence-corrected chi connectivity index (χ0v) is 26.8. The molecule has 1 aliphatic heterocycles. The van der Waals surface area contributed by atoms with Crippen LogP contribution in [0.2, 0.25) is 5.02 Å². The Morgan fingerprint density at radius 2 is 1.68 bits per heavy atom. The van der Waals surface area contributed by atoms with Gasteiger partial charge in [-0.1, -0.05) is 61.0 Å². The second-order valence-corrected chi connectivity index (χ2v) is 12.9. The molecule has 0 radical (unpaired) electrons. The lowest BCUT2D eigenvalue weighted by atomic mass is 9.76. The Bertz CT molecular complexity index is 1830. The summed E-state index contributed by atoms with van der Waals surface area (Å²) in [4.78, 5) is 59.2. The first-order valence-corrected chi connectivity index (χ1v) is 15.8. The summed E-state index contributed by atoms with van der Waals surface area (Å²) in [6.45, 7) is 5.49. The van der Waals surface area contributed by atoms with Crippen LogP contribution in [0.15, 0.2) is 71.2 Å². The van der Waals surface area contributed by atoms with Crippen LogP contribution in [0.1, 0.15) is 59.4 Å². The van der Waals surface area contributed by atoms with Crippen molar-refractivity contribution in [3.8, 4) is 11.3 Å². The van der Waals surface area contributed by atoms with E-state index in [1.165, 1.54) is 4.90 Å². The van der Waals surface area contributed by atoms with Crippen molar-refractivity contribution in [3.05, 3.63) is 92.9 Å². The minimum Gasteiger partial charge on any atom is -0.451 e. The van der Waals surface area contributed by atoms with Gasteiger partial charge in [-0.25, -0.2) is 9.78 Å². The first-order chi connectivity index (χ1) is 21.0. The third-order valence-electron chi connectivity index (χ3n) is 8.76. The van der Waals surface area contributed by atoms with Crippen molar-refractivity contribution < 1.29 is 23.9 Å². The molecule has 0 N–H and O–H groups in total. The second kappa shape index (κ2) is 11.9. The van der Waals surface area contributed by atoms with Crippen molar-refractivity contribution >= 4 is 67.7 Å². The Balaban J connectivity index is 1.35. The third-order valence-corrected chi connectivity index (χ3v) is 10.1. The van der Waals surface area contributed by atoms with E-state index in [1.54, 1.807) is 67.6 Å². The predicted molar refractivity (Wildman–Crippen MR) is 173 cm³/mol. The van der Waals surface area contributed by atoms with E-state index in [4.69, 9.17) is 21.3 Å². The fourth-order valence-corrected chi connectivity index (χ4v) is 6.99. The Labute approximate surface area is 268 Å². The molecular formula is C35H30BrClN2O5. The van der Waals surface area contributed by atoms with Gasteiger partial charge in [0.2, 0.25) is 17.6 Å². The monoisotopic (exact) mass is 672 g/mol. The van der Waals surface area contributed by atoms with Gasteiger partial charge in [0.25, 0.3) is 0 Å². The molecule has 4 atom stereocenters. The molecule has 9 heteroatoms. The minimum atomic E-state index is -1.02. The summed E-state index contributed by atoms with van der Waals surface area (Å²) in [5.74, 6) is -1.35. The number of ether oxygens (including phenoxy) is 1. The zero-order valence-electron chi connectivity index (χ0n) is 24.5. The van der Waals surface area contributed by atoms with Gasteiger partial charge >= 0.3 is 5.97 Å². The maximum atomic E-state index is 13.6. The standard InChI is InChI=1S/C35H30BrClN2O5/c1-18-9-14-24-26(15-18)34(42)39(33(24)41)23-12-10-21(11-13-23)29-17-27(25-16-28(36)30(37)19(2)31(25)38-29)35(43)44-20(3)32(40)22-7-5-4-6-8-22/h4-8,10-13,16-18,20,24,26H,9,14-15H2,1-3H3. The number of rotatable bonds is 6. The van der Waals surface area contributed by atoms with Gasteiger partial charge in [0.15, 0.2) is 6.10 Å². The number of aryl methyl sites for hydroxylation is 1. The molecule has 1 aromatic heterocycles. The summed E-state index contributed by atoms with van der Waals surface area (Å²) in [5, 5.41) is 0.986. The summed E-state index contributed by atoms with van der Waals surface area (Å²) >= 11 is 10.0. The number of benzene rings is 3. The number of nitrogens with zero attached hydrogens (tertiary/aromatic N) is 2. The number of imide groups is 1. The molecule has 1 saturated carbocycles. The van der Waals surface area contributed by atoms with Gasteiger partial charge in [0.05, 0.1) is 39.3 Å². The van der Waals surface area contributed by atoms with Crippen molar-refractivity contribution in [2.45, 2.75) is 46.1 Å². The molecule has 44 heavy (non-hydrogen) atoms. The summed E-state index contributed by atoms with van der Waals surface area (Å²) in [6.07, 6.45) is 1.40. The first kappa shape index (κ1) is 30.2. The number of esters is 1. The molecule has 1 aliphatic carbocycles. The van der Waals surface area contributed by atoms with Crippen molar-refractivity contribution in [2.75, 3.05) is 4.90 Å². The molecule has 6 rings (SSSR count). The molecule has 0 spiro atoms. The summed E-state index contributed by atoms with van der Waals surface area (Å²) in [6, 6.07) is 19.0. The average Bonchev–Trinajstić information content (AvgIpc) is 3.27. The molecule has 2 heterocycles. The Morgan fingerprint density at radius 1 is 1.00 bits per heavy atom. The normalized spacial score (nSPS) is 20.5. The molecule has 4 aromatic rings. The van der Waals surface area contributed by atoms with Crippen LogP contribution in [0, 0.1) is 24.7 Å². The van der Waals surface area contributed by atoms with Crippen LogP contribution >= 0.6 is 27.5 Å². The van der Waals surface area contributed by atoms with E-state index in [9.17, 15) is 19.2 Å². The number of hydrogen-bond acceptors (Lipinski definition) is 6. The summed E-state index contributed by atoms with van der Waals surface area (Å²) < 4.78 is 6.28. The number of ketones is 1. The second-order valence-electron chi connectivity index (χ2n) is 11.7. The lowest BCUT2D eigenvalue weighted by molar-refractivity contribution is -0.122. The third kappa shape index (κ3) is 5.35. The lowest BCUT2D eigenvalue weighted by Gasteiger charge is -2.25. The van der Waals surface area contributed by atoms with Gasteiger partial charge in [0, 0.05) is 21.0 Å². The highest BCUT2D eigenvalue weighted by Gasteiger charge is 2.49. The molecule has 1 saturated heterocycles. The largest absolute Gasteiger partial charge is 0.451 e. The number of aromatic nitrogens is 1. The smallest absolute Gasteiger partial charge is 0.339 e. The molecular weight excluding hydrogens is 644 g/mol. The average molecular weight is 674 g/mol. The molecule has 2 amide bonds. The number of carbonyl (C=O) groups is 4. The quantitative estimate of drug-likeness (QED) is 0.117. The number of fused-ring (bicyclic) bond motifs is 2. The molecule has 4 unspecified atom stereocenters. The van der Waals surface area contributed by atoms with E-state index in [-0.39, 0.29) is 35.0 Å². The van der Waals surface area contributed by atoms with Gasteiger partial charge in [-0.15, -0.1) is 0 Å². The van der Waals surface area contributed by atoms with E-state index in [1.807, 2.05) is 13.0 Å². The van der Waals surface area contributed by atoms with Crippen molar-refractivity contribution in [1.29, 1.82) is 0 Å². The van der Waals surface area contributed by atoms with E-state index < -0.39 is 12.1 Å². The molecule has 7 nitrogen and oxygen atoms in total. The fourth-order valence-electron chi connectivity index (χ4n) is 6.32. The van der Waals surface area contributed by atoms with Gasteiger partial charge in [-0.2, -0.15) is 0 Å². The number of Topliss-reactive ketones (excluding diaryl/α,β-unsaturated/α-hetero) is 1. The number of anilines is 1. The van der Waals surface area contributed by atoms with E-state index in [0.717, 1.165) is 19.3 Å². The van der Waals surface area contributed by atoms with Gasteiger partial charge in [-0.05, 0) is 84.8 Å². The van der Waals surface area contributed by atoms with Crippen LogP contribution in [0.4, 0.5) is 5.69 Å². The zero-order chi connectivity index (χ0) is 31.3. The molecule has 2 aliphatic rings. The van der Waals surface area contributed by atoms with Gasteiger partial charge in [0.1, 0.15) is 0 Å². The maximum absolute atomic E-state index is 13.6. The summed E-state index contributed by atoms with van der Waals surface area (Å²) in [7, 11) is 0. The van der Waals surface area contributed by atoms with Crippen LogP contribution < -0.4 is 4.90 Å². The van der Waals surface area contributed by atoms with Crippen molar-refractivity contribution in [2.24, 2.45) is 17.8 Å². The molecule has 3 aromatic carbocycles. The van der Waals surface area contributed by atoms with Crippen LogP contribution in [-0.2, 0) is 14.3 Å². The number of pyridine rings is 1. The van der Waals surface area contributed by atoms with E-state index in [2.05, 4.69) is 22.9 Å². The minimum absolute atomic E-state index is 0.136. The van der Waals surface area contributed by atoms with Crippen molar-refractivity contribution in [1.82, 2.24) is 4.98 Å². The lowest BCUT2D eigenvalue weighted by Crippen LogP contribution is -2.30. The molecule has 0 bridgehead atoms. The van der Waals surface area contributed by atoms with Gasteiger partial charge in [-0.3, -0.25) is 19.3 Å². The number of carbonyl (C=O) groups excluding carboxylic acids is 4. The maximum Gasteiger partial charge on any atom is 0.339 e. The predicted octanol–water partition coefficient (Wildman–Crippen LogP) is 7.98. The molecule has 2 fully saturated rings. The Morgan fingerprint density at radius 3 is 2.39 bits per heavy atom. The highest BCUT2D eigenvalue weighted by Crippen LogP contribution is 2.42. The highest BCUT2D eigenvalue weighted by atomic mass is 79.9. The molecule has 224 valence electrons. The van der Waals surface area contributed by atoms with Crippen LogP contribution in [-0.4, -0.2) is 34.7 Å². The van der Waals surface area contributed by atoms with E-state index >= 15 is 0 Å². The Hall–Kier alpha value is -3.88. The van der Waals surface area contributed by atoms with Crippen LogP contribution in [0.5, 0.6) is 0 Å². The summed E-state index contributed by atoms with van der Waals surface area (Å²) in [5.41, 5.74) is 3.51. The number of amides is 2. The number of halogens is 2. The SMILES string of the molecule is Cc1c(Cl)c(Br)cc2c(C(=O)OC(C)C(=O)c3ccccc3)cc(-c3ccc(N4C(=O)C5CCC(C)CC5C4=O)cc3)nc12. The fraction of sp³-hybridized carbons (Fsp3) is 0.286. The van der Waals surface area contributed by atoms with Crippen molar-refractivity contribution in [3.63, 3.8) is 0 Å².